The Morgan fingerprint density at radius 2 is 2.08 bits per heavy atom. The van der Waals surface area contributed by atoms with Gasteiger partial charge in [0.2, 0.25) is 5.95 Å². The van der Waals surface area contributed by atoms with Crippen molar-refractivity contribution >= 4 is 50.5 Å². The number of halogens is 2. The second-order valence-electron chi connectivity index (χ2n) is 5.56. The van der Waals surface area contributed by atoms with Crippen LogP contribution in [0.5, 0.6) is 0 Å². The van der Waals surface area contributed by atoms with Crippen LogP contribution < -0.4 is 10.2 Å². The van der Waals surface area contributed by atoms with Gasteiger partial charge >= 0.3 is 0 Å². The monoisotopic (exact) mass is 387 g/mol. The van der Waals surface area contributed by atoms with Gasteiger partial charge in [-0.15, -0.1) is 5.10 Å². The second-order valence-corrected chi connectivity index (χ2v) is 8.60. The minimum absolute atomic E-state index is 0.107. The van der Waals surface area contributed by atoms with Gasteiger partial charge in [0.15, 0.2) is 15.7 Å². The molecule has 0 bridgehead atoms. The van der Waals surface area contributed by atoms with Crippen LogP contribution in [0.3, 0.4) is 0 Å². The summed E-state index contributed by atoms with van der Waals surface area (Å²) in [6.45, 7) is 0. The molecule has 2 aromatic rings. The van der Waals surface area contributed by atoms with Gasteiger partial charge in [-0.2, -0.15) is 10.1 Å². The fraction of sp³-hybridized carbons (Fsp3) is 0.357. The van der Waals surface area contributed by atoms with Gasteiger partial charge in [-0.25, -0.2) is 8.42 Å². The molecule has 10 heteroatoms. The fourth-order valence-electron chi connectivity index (χ4n) is 2.49. The summed E-state index contributed by atoms with van der Waals surface area (Å²) >= 11 is 11.9. The van der Waals surface area contributed by atoms with Gasteiger partial charge in [-0.1, -0.05) is 23.2 Å². The molecular weight excluding hydrogens is 373 g/mol. The molecule has 1 aromatic carbocycles. The SMILES string of the molecule is CN(c1cnnc(Nc2ccc(Cl)c(Cl)c2)n1)C1CCS(=O)(=O)C1. The molecule has 0 saturated carbocycles. The predicted molar refractivity (Wildman–Crippen MR) is 95.0 cm³/mol. The lowest BCUT2D eigenvalue weighted by Gasteiger charge is -2.24. The topological polar surface area (TPSA) is 88.1 Å². The van der Waals surface area contributed by atoms with E-state index < -0.39 is 9.84 Å². The number of rotatable bonds is 4. The molecule has 1 aliphatic heterocycles. The van der Waals surface area contributed by atoms with Crippen LogP contribution in [0.2, 0.25) is 10.0 Å². The van der Waals surface area contributed by atoms with E-state index in [2.05, 4.69) is 20.5 Å². The van der Waals surface area contributed by atoms with E-state index in [1.54, 1.807) is 25.2 Å². The van der Waals surface area contributed by atoms with E-state index >= 15 is 0 Å². The van der Waals surface area contributed by atoms with Crippen LogP contribution in [0.25, 0.3) is 0 Å². The van der Waals surface area contributed by atoms with Gasteiger partial charge in [-0.3, -0.25) is 0 Å². The first-order chi connectivity index (χ1) is 11.3. The summed E-state index contributed by atoms with van der Waals surface area (Å²) in [6, 6.07) is 4.97. The van der Waals surface area contributed by atoms with Crippen molar-refractivity contribution in [2.24, 2.45) is 0 Å². The average Bonchev–Trinajstić information content (AvgIpc) is 2.90. The summed E-state index contributed by atoms with van der Waals surface area (Å²) in [6.07, 6.45) is 2.09. The van der Waals surface area contributed by atoms with Gasteiger partial charge in [0.1, 0.15) is 0 Å². The molecule has 128 valence electrons. The first-order valence-electron chi connectivity index (χ1n) is 7.19. The van der Waals surface area contributed by atoms with Crippen LogP contribution in [0.15, 0.2) is 24.4 Å². The molecule has 1 aliphatic rings. The second kappa shape index (κ2) is 6.70. The number of benzene rings is 1. The van der Waals surface area contributed by atoms with Crippen LogP contribution in [0.1, 0.15) is 6.42 Å². The lowest BCUT2D eigenvalue weighted by molar-refractivity contribution is 0.600. The molecule has 1 N–H and O–H groups in total. The minimum atomic E-state index is -2.96. The number of hydrogen-bond acceptors (Lipinski definition) is 7. The highest BCUT2D eigenvalue weighted by Crippen LogP contribution is 2.27. The molecule has 1 atom stereocenters. The van der Waals surface area contributed by atoms with Crippen molar-refractivity contribution in [1.29, 1.82) is 0 Å². The number of sulfone groups is 1. The Labute approximate surface area is 149 Å². The van der Waals surface area contributed by atoms with Crippen molar-refractivity contribution in [3.05, 3.63) is 34.4 Å². The normalized spacial score (nSPS) is 19.2. The smallest absolute Gasteiger partial charge is 0.249 e. The maximum Gasteiger partial charge on any atom is 0.249 e. The molecule has 1 unspecified atom stereocenters. The number of aromatic nitrogens is 3. The quantitative estimate of drug-likeness (QED) is 0.861. The van der Waals surface area contributed by atoms with E-state index in [9.17, 15) is 8.42 Å². The highest BCUT2D eigenvalue weighted by atomic mass is 35.5. The zero-order valence-electron chi connectivity index (χ0n) is 12.8. The zero-order valence-corrected chi connectivity index (χ0v) is 15.1. The van der Waals surface area contributed by atoms with Crippen LogP contribution in [0, 0.1) is 0 Å². The zero-order chi connectivity index (χ0) is 17.3. The molecule has 0 aliphatic carbocycles. The van der Waals surface area contributed by atoms with Gasteiger partial charge < -0.3 is 10.2 Å². The summed E-state index contributed by atoms with van der Waals surface area (Å²) in [5.41, 5.74) is 0.675. The molecule has 2 heterocycles. The van der Waals surface area contributed by atoms with Crippen LogP contribution in [-0.2, 0) is 9.84 Å². The lowest BCUT2D eigenvalue weighted by Crippen LogP contribution is -2.33. The van der Waals surface area contributed by atoms with E-state index in [1.807, 2.05) is 4.90 Å². The summed E-state index contributed by atoms with van der Waals surface area (Å²) in [5.74, 6) is 1.17. The summed E-state index contributed by atoms with van der Waals surface area (Å²) in [5, 5.41) is 11.7. The minimum Gasteiger partial charge on any atom is -0.354 e. The van der Waals surface area contributed by atoms with E-state index in [0.29, 0.717) is 33.9 Å². The van der Waals surface area contributed by atoms with Gasteiger partial charge in [-0.05, 0) is 24.6 Å². The average molecular weight is 388 g/mol. The Hall–Kier alpha value is -1.64. The Bertz CT molecular complexity index is 862. The van der Waals surface area contributed by atoms with Crippen molar-refractivity contribution in [3.8, 4) is 0 Å². The molecular formula is C14H15Cl2N5O2S. The van der Waals surface area contributed by atoms with E-state index in [1.165, 1.54) is 6.20 Å². The highest BCUT2D eigenvalue weighted by Gasteiger charge is 2.31. The van der Waals surface area contributed by atoms with Crippen molar-refractivity contribution in [3.63, 3.8) is 0 Å². The third kappa shape index (κ3) is 3.88. The van der Waals surface area contributed by atoms with Crippen molar-refractivity contribution in [2.45, 2.75) is 12.5 Å². The molecule has 1 fully saturated rings. The maximum absolute atomic E-state index is 11.6. The van der Waals surface area contributed by atoms with E-state index in [0.717, 1.165) is 0 Å². The molecule has 1 aromatic heterocycles. The molecule has 0 spiro atoms. The van der Waals surface area contributed by atoms with Crippen molar-refractivity contribution in [1.82, 2.24) is 15.2 Å². The maximum atomic E-state index is 11.6. The number of anilines is 3. The van der Waals surface area contributed by atoms with Gasteiger partial charge in [0.05, 0.1) is 27.7 Å². The fourth-order valence-corrected chi connectivity index (χ4v) is 4.56. The molecule has 3 rings (SSSR count). The largest absolute Gasteiger partial charge is 0.354 e. The molecule has 0 amide bonds. The molecule has 0 radical (unpaired) electrons. The molecule has 1 saturated heterocycles. The number of nitrogens with one attached hydrogen (secondary N) is 1. The van der Waals surface area contributed by atoms with Crippen molar-refractivity contribution in [2.75, 3.05) is 28.8 Å². The number of nitrogens with zero attached hydrogens (tertiary/aromatic N) is 4. The van der Waals surface area contributed by atoms with Crippen LogP contribution in [-0.4, -0.2) is 48.2 Å². The standard InChI is InChI=1S/C14H15Cl2N5O2S/c1-21(10-4-5-24(22,23)8-10)13-7-17-20-14(19-13)18-9-2-3-11(15)12(16)6-9/h2-3,6-7,10H,4-5,8H2,1H3,(H,18,19,20). The first kappa shape index (κ1) is 17.2. The lowest BCUT2D eigenvalue weighted by atomic mass is 10.2. The summed E-state index contributed by atoms with van der Waals surface area (Å²) in [4.78, 5) is 6.20. The van der Waals surface area contributed by atoms with Crippen molar-refractivity contribution < 1.29 is 8.42 Å². The summed E-state index contributed by atoms with van der Waals surface area (Å²) in [7, 11) is -1.16. The third-order valence-electron chi connectivity index (χ3n) is 3.84. The van der Waals surface area contributed by atoms with Crippen LogP contribution >= 0.6 is 23.2 Å². The summed E-state index contributed by atoms with van der Waals surface area (Å²) < 4.78 is 23.3. The van der Waals surface area contributed by atoms with Gasteiger partial charge in [0.25, 0.3) is 0 Å². The predicted octanol–water partition coefficient (Wildman–Crippen LogP) is 2.55. The Morgan fingerprint density at radius 1 is 1.29 bits per heavy atom. The van der Waals surface area contributed by atoms with Crippen LogP contribution in [0.4, 0.5) is 17.5 Å². The Morgan fingerprint density at radius 3 is 2.75 bits per heavy atom. The Kier molecular flexibility index (Phi) is 4.80. The molecule has 7 nitrogen and oxygen atoms in total. The first-order valence-corrected chi connectivity index (χ1v) is 9.77. The van der Waals surface area contributed by atoms with Gasteiger partial charge in [0, 0.05) is 18.8 Å². The highest BCUT2D eigenvalue weighted by molar-refractivity contribution is 7.91. The number of hydrogen-bond donors (Lipinski definition) is 1. The van der Waals surface area contributed by atoms with E-state index in [4.69, 9.17) is 23.2 Å². The molecule has 24 heavy (non-hydrogen) atoms. The third-order valence-corrected chi connectivity index (χ3v) is 6.33. The van der Waals surface area contributed by atoms with E-state index in [-0.39, 0.29) is 17.5 Å². The Balaban J connectivity index is 1.77.